The zero-order chi connectivity index (χ0) is 14.2. The summed E-state index contributed by atoms with van der Waals surface area (Å²) in [6, 6.07) is 9.83. The minimum absolute atomic E-state index is 0.0162. The summed E-state index contributed by atoms with van der Waals surface area (Å²) in [7, 11) is 0. The lowest BCUT2D eigenvalue weighted by Crippen LogP contribution is -2.37. The molecule has 106 valence electrons. The van der Waals surface area contributed by atoms with E-state index in [2.05, 4.69) is 22.0 Å². The van der Waals surface area contributed by atoms with Crippen molar-refractivity contribution in [3.8, 4) is 0 Å². The predicted octanol–water partition coefficient (Wildman–Crippen LogP) is 5.90. The lowest BCUT2D eigenvalue weighted by molar-refractivity contribution is 0.337. The Balaban J connectivity index is 1.94. The molecule has 2 aliphatic rings. The van der Waals surface area contributed by atoms with Crippen molar-refractivity contribution in [2.75, 3.05) is 0 Å². The van der Waals surface area contributed by atoms with E-state index in [-0.39, 0.29) is 16.1 Å². The summed E-state index contributed by atoms with van der Waals surface area (Å²) < 4.78 is 14.7. The maximum Gasteiger partial charge on any atom is 0.112 e. The Morgan fingerprint density at radius 3 is 2.45 bits per heavy atom. The molecule has 0 spiro atoms. The van der Waals surface area contributed by atoms with Gasteiger partial charge in [-0.15, -0.1) is 0 Å². The van der Waals surface area contributed by atoms with Gasteiger partial charge >= 0.3 is 0 Å². The Hall–Kier alpha value is -0.890. The summed E-state index contributed by atoms with van der Waals surface area (Å²) >= 11 is 3.87. The van der Waals surface area contributed by atoms with Gasteiger partial charge in [0.15, 0.2) is 0 Å². The van der Waals surface area contributed by atoms with E-state index in [1.165, 1.54) is 25.7 Å². The van der Waals surface area contributed by atoms with Crippen LogP contribution in [0.2, 0.25) is 0 Å². The van der Waals surface area contributed by atoms with Gasteiger partial charge in [0.25, 0.3) is 0 Å². The van der Waals surface area contributed by atoms with Gasteiger partial charge in [0.1, 0.15) is 5.83 Å². The lowest BCUT2D eigenvalue weighted by atomic mass is 9.76. The lowest BCUT2D eigenvalue weighted by Gasteiger charge is -2.38. The van der Waals surface area contributed by atoms with Crippen LogP contribution in [-0.4, -0.2) is 4.32 Å². The van der Waals surface area contributed by atoms with Crippen LogP contribution in [0.15, 0.2) is 48.3 Å². The minimum Gasteiger partial charge on any atom is -0.211 e. The standard InChI is InChI=1S/C18H20BrF/c1-13-17(20)16(14-7-3-2-4-8-14)11-12-18(13,19)15-9-5-6-10-15/h2-4,7-8,11-13,15H,5-6,9-10H2,1H3. The summed E-state index contributed by atoms with van der Waals surface area (Å²) in [5.41, 5.74) is 1.71. The summed E-state index contributed by atoms with van der Waals surface area (Å²) in [5.74, 6) is 0.463. The van der Waals surface area contributed by atoms with Crippen LogP contribution in [0.3, 0.4) is 0 Å². The molecule has 2 atom stereocenters. The van der Waals surface area contributed by atoms with Gasteiger partial charge in [-0.3, -0.25) is 0 Å². The molecule has 20 heavy (non-hydrogen) atoms. The van der Waals surface area contributed by atoms with E-state index < -0.39 is 0 Å². The molecule has 0 bridgehead atoms. The molecule has 2 unspecified atom stereocenters. The summed E-state index contributed by atoms with van der Waals surface area (Å²) in [6.45, 7) is 2.01. The van der Waals surface area contributed by atoms with Crippen molar-refractivity contribution >= 4 is 21.5 Å². The predicted molar refractivity (Wildman–Crippen MR) is 86.4 cm³/mol. The maximum atomic E-state index is 14.9. The number of hydrogen-bond donors (Lipinski definition) is 0. The van der Waals surface area contributed by atoms with Crippen molar-refractivity contribution < 1.29 is 4.39 Å². The smallest absolute Gasteiger partial charge is 0.112 e. The fourth-order valence-electron chi connectivity index (χ4n) is 3.57. The van der Waals surface area contributed by atoms with Crippen molar-refractivity contribution in [1.29, 1.82) is 0 Å². The monoisotopic (exact) mass is 334 g/mol. The topological polar surface area (TPSA) is 0 Å². The van der Waals surface area contributed by atoms with Crippen molar-refractivity contribution in [2.24, 2.45) is 11.8 Å². The first-order valence-electron chi connectivity index (χ1n) is 7.46. The second kappa shape index (κ2) is 5.48. The summed E-state index contributed by atoms with van der Waals surface area (Å²) in [4.78, 5) is 0. The van der Waals surface area contributed by atoms with Gasteiger partial charge in [0.2, 0.25) is 0 Å². The van der Waals surface area contributed by atoms with Gasteiger partial charge < -0.3 is 0 Å². The molecule has 2 heteroatoms. The Morgan fingerprint density at radius 2 is 1.80 bits per heavy atom. The number of rotatable bonds is 2. The third-order valence-electron chi connectivity index (χ3n) is 4.87. The highest BCUT2D eigenvalue weighted by atomic mass is 79.9. The van der Waals surface area contributed by atoms with E-state index in [0.29, 0.717) is 5.92 Å². The molecular weight excluding hydrogens is 315 g/mol. The van der Waals surface area contributed by atoms with E-state index >= 15 is 0 Å². The van der Waals surface area contributed by atoms with Crippen molar-refractivity contribution in [1.82, 2.24) is 0 Å². The Kier molecular flexibility index (Phi) is 3.85. The highest BCUT2D eigenvalue weighted by Gasteiger charge is 2.44. The molecule has 0 amide bonds. The normalized spacial score (nSPS) is 31.1. The van der Waals surface area contributed by atoms with Gasteiger partial charge in [-0.1, -0.05) is 78.2 Å². The first-order chi connectivity index (χ1) is 9.63. The molecule has 1 aromatic carbocycles. The van der Waals surface area contributed by atoms with Crippen molar-refractivity contribution in [3.05, 3.63) is 53.9 Å². The summed E-state index contributed by atoms with van der Waals surface area (Å²) in [6.07, 6.45) is 9.11. The molecule has 0 aromatic heterocycles. The third kappa shape index (κ3) is 2.28. The Labute approximate surface area is 128 Å². The number of benzene rings is 1. The van der Waals surface area contributed by atoms with Gasteiger partial charge in [0, 0.05) is 11.5 Å². The van der Waals surface area contributed by atoms with E-state index in [9.17, 15) is 4.39 Å². The number of hydrogen-bond acceptors (Lipinski definition) is 0. The molecule has 0 saturated heterocycles. The van der Waals surface area contributed by atoms with E-state index in [0.717, 1.165) is 11.1 Å². The number of halogens is 2. The molecule has 0 radical (unpaired) electrons. The number of allylic oxidation sites excluding steroid dienone is 4. The molecule has 1 fully saturated rings. The van der Waals surface area contributed by atoms with E-state index in [4.69, 9.17) is 0 Å². The molecule has 0 N–H and O–H groups in total. The fraction of sp³-hybridized carbons (Fsp3) is 0.444. The van der Waals surface area contributed by atoms with Crippen LogP contribution in [0.4, 0.5) is 4.39 Å². The van der Waals surface area contributed by atoms with Gasteiger partial charge in [0.05, 0.1) is 4.32 Å². The zero-order valence-electron chi connectivity index (χ0n) is 11.8. The van der Waals surface area contributed by atoms with Crippen LogP contribution in [0.5, 0.6) is 0 Å². The molecule has 1 saturated carbocycles. The summed E-state index contributed by atoms with van der Waals surface area (Å²) in [5, 5.41) is 0. The molecular formula is C18H20BrF. The molecule has 0 heterocycles. The molecule has 0 nitrogen and oxygen atoms in total. The molecule has 3 rings (SSSR count). The third-order valence-corrected chi connectivity index (χ3v) is 6.47. The minimum atomic E-state index is -0.203. The van der Waals surface area contributed by atoms with Crippen LogP contribution in [-0.2, 0) is 0 Å². The first kappa shape index (κ1) is 14.1. The average molecular weight is 335 g/mol. The van der Waals surface area contributed by atoms with Gasteiger partial charge in [-0.25, -0.2) is 4.39 Å². The largest absolute Gasteiger partial charge is 0.211 e. The quantitative estimate of drug-likeness (QED) is 0.591. The second-order valence-electron chi connectivity index (χ2n) is 5.99. The van der Waals surface area contributed by atoms with E-state index in [1.54, 1.807) is 0 Å². The highest BCUT2D eigenvalue weighted by molar-refractivity contribution is 9.10. The van der Waals surface area contributed by atoms with Crippen LogP contribution in [0, 0.1) is 11.8 Å². The van der Waals surface area contributed by atoms with E-state index in [1.807, 2.05) is 43.3 Å². The second-order valence-corrected chi connectivity index (χ2v) is 7.36. The maximum absolute atomic E-state index is 14.9. The van der Waals surface area contributed by atoms with Crippen LogP contribution in [0.25, 0.3) is 5.57 Å². The highest BCUT2D eigenvalue weighted by Crippen LogP contribution is 2.51. The first-order valence-corrected chi connectivity index (χ1v) is 8.25. The van der Waals surface area contributed by atoms with Crippen LogP contribution < -0.4 is 0 Å². The Bertz CT molecular complexity index is 540. The van der Waals surface area contributed by atoms with Gasteiger partial charge in [-0.2, -0.15) is 0 Å². The molecule has 2 aliphatic carbocycles. The fourth-order valence-corrected chi connectivity index (χ4v) is 4.36. The average Bonchev–Trinajstić information content (AvgIpc) is 3.01. The van der Waals surface area contributed by atoms with Crippen molar-refractivity contribution in [3.63, 3.8) is 0 Å². The zero-order valence-corrected chi connectivity index (χ0v) is 13.4. The molecule has 1 aromatic rings. The number of alkyl halides is 1. The molecule has 0 aliphatic heterocycles. The van der Waals surface area contributed by atoms with Gasteiger partial charge in [-0.05, 0) is 24.3 Å². The SMILES string of the molecule is CC1C(F)=C(c2ccccc2)C=CC1(Br)C1CCCC1. The Morgan fingerprint density at radius 1 is 1.15 bits per heavy atom. The van der Waals surface area contributed by atoms with Crippen LogP contribution in [0.1, 0.15) is 38.2 Å². The van der Waals surface area contributed by atoms with Crippen LogP contribution >= 0.6 is 15.9 Å². The van der Waals surface area contributed by atoms with Crippen molar-refractivity contribution in [2.45, 2.75) is 36.9 Å².